The van der Waals surface area contributed by atoms with E-state index in [2.05, 4.69) is 68.4 Å². The number of nitrogens with two attached hydrogens (primary N) is 2. The minimum absolute atomic E-state index is 0.0986. The van der Waals surface area contributed by atoms with Gasteiger partial charge in [0, 0.05) is 54.0 Å². The summed E-state index contributed by atoms with van der Waals surface area (Å²) in [5.41, 5.74) is 11.2. The van der Waals surface area contributed by atoms with Gasteiger partial charge < -0.3 is 138 Å². The van der Waals surface area contributed by atoms with E-state index in [1.54, 1.807) is 20.8 Å². The number of likely N-dealkylation sites (N-methyl/N-ethyl adjacent to an activating group) is 1. The van der Waals surface area contributed by atoms with Crippen LogP contribution in [0.1, 0.15) is 111 Å². The number of hydrogen-bond acceptors (Lipinski definition) is 30. The Balaban J connectivity index is 0.975. The monoisotopic (exact) mass is 1820 g/mol. The van der Waals surface area contributed by atoms with Crippen molar-refractivity contribution in [1.82, 2.24) is 62.9 Å². The summed E-state index contributed by atoms with van der Waals surface area (Å²) in [7, 11) is 1.46. The van der Waals surface area contributed by atoms with E-state index in [1.165, 1.54) is 44.4 Å². The molecular weight excluding hydrogens is 1730 g/mol. The number of nitrogens with one attached hydrogen (secondary N) is 11. The maximum absolute atomic E-state index is 16.3. The number of hydrogen-bond donors (Lipinski definition) is 22. The van der Waals surface area contributed by atoms with Gasteiger partial charge in [-0.3, -0.25) is 48.3 Å². The van der Waals surface area contributed by atoms with Crippen LogP contribution in [0, 0.1) is 5.92 Å². The number of nitrogens with zero attached hydrogens (tertiary/aromatic N) is 2. The number of rotatable bonds is 22. The van der Waals surface area contributed by atoms with Gasteiger partial charge in [-0.1, -0.05) is 67.4 Å². The topological polar surface area (TPSA) is 620 Å². The third-order valence-electron chi connectivity index (χ3n) is 21.4. The number of fused-ring (bicyclic) bond motifs is 15. The second-order valence-corrected chi connectivity index (χ2v) is 31.9. The number of amides is 10. The number of aromatic hydroxyl groups is 3. The van der Waals surface area contributed by atoms with E-state index in [9.17, 15) is 83.1 Å². The smallest absolute Gasteiger partial charge is 0.508 e. The third-order valence-corrected chi connectivity index (χ3v) is 22.0. The molecule has 0 spiro atoms. The number of phenols is 3. The van der Waals surface area contributed by atoms with Gasteiger partial charge in [-0.15, -0.1) is 13.2 Å². The van der Waals surface area contributed by atoms with Gasteiger partial charge in [0.15, 0.2) is 23.9 Å². The van der Waals surface area contributed by atoms with Crippen LogP contribution in [0.25, 0.3) is 11.1 Å². The van der Waals surface area contributed by atoms with E-state index in [4.69, 9.17) is 63.1 Å². The van der Waals surface area contributed by atoms with Crippen LogP contribution in [0.5, 0.6) is 51.7 Å². The number of hydrazine groups is 1. The van der Waals surface area contributed by atoms with Gasteiger partial charge in [-0.25, -0.2) is 15.0 Å². The fraction of sp³-hybridized carbons (Fsp3) is 0.395. The Kier molecular flexibility index (Phi) is 29.1. The molecule has 7 aliphatic rings. The molecule has 6 aromatic carbocycles. The van der Waals surface area contributed by atoms with Crippen molar-refractivity contribution < 1.29 is 135 Å². The van der Waals surface area contributed by atoms with Gasteiger partial charge in [0.05, 0.1) is 47.7 Å². The number of aliphatic hydroxyl groups excluding tert-OH is 6. The number of carbonyl (C=O) groups excluding carboxylic acids is 9. The molecular formula is C81H90Cl2F3N15O26. The Labute approximate surface area is 728 Å². The molecule has 0 aliphatic carbocycles. The van der Waals surface area contributed by atoms with E-state index < -0.39 is 266 Å². The molecule has 7 aliphatic heterocycles. The van der Waals surface area contributed by atoms with Gasteiger partial charge in [0.2, 0.25) is 59.3 Å². The van der Waals surface area contributed by atoms with Crippen molar-refractivity contribution >= 4 is 82.3 Å². The Morgan fingerprint density at radius 3 is 1.98 bits per heavy atom. The molecule has 1 unspecified atom stereocenters. The number of primary amides is 2. The van der Waals surface area contributed by atoms with Crippen LogP contribution in [0.3, 0.4) is 0 Å². The predicted molar refractivity (Wildman–Crippen MR) is 435 cm³/mol. The second-order valence-electron chi connectivity index (χ2n) is 31.1. The van der Waals surface area contributed by atoms with Crippen molar-refractivity contribution in [2.45, 2.75) is 176 Å². The summed E-state index contributed by atoms with van der Waals surface area (Å²) in [6.07, 6.45) is -25.6. The summed E-state index contributed by atoms with van der Waals surface area (Å²) in [6, 6.07) is 6.10. The van der Waals surface area contributed by atoms with Crippen molar-refractivity contribution in [3.05, 3.63) is 169 Å². The molecule has 7 aromatic rings. The summed E-state index contributed by atoms with van der Waals surface area (Å²) in [5.74, 6) is -15.7. The van der Waals surface area contributed by atoms with Crippen LogP contribution in [0.4, 0.5) is 23.8 Å². The first-order valence-electron chi connectivity index (χ1n) is 39.3. The zero-order valence-corrected chi connectivity index (χ0v) is 69.2. The molecule has 2 fully saturated rings. The zero-order chi connectivity index (χ0) is 92.1. The molecule has 8 heterocycles. The van der Waals surface area contributed by atoms with Crippen LogP contribution in [-0.2, 0) is 65.5 Å². The Morgan fingerprint density at radius 2 is 1.36 bits per heavy atom. The Morgan fingerprint density at radius 1 is 0.724 bits per heavy atom. The van der Waals surface area contributed by atoms with Crippen LogP contribution in [0.2, 0.25) is 10.0 Å². The van der Waals surface area contributed by atoms with Crippen molar-refractivity contribution in [1.29, 1.82) is 0 Å². The van der Waals surface area contributed by atoms with E-state index >= 15 is 24.0 Å². The molecule has 14 rings (SSSR count). The first kappa shape index (κ1) is 93.9. The first-order chi connectivity index (χ1) is 60.0. The quantitative estimate of drug-likeness (QED) is 0.0423. The highest BCUT2D eigenvalue weighted by Crippen LogP contribution is 2.50. The summed E-state index contributed by atoms with van der Waals surface area (Å²) in [5, 5.41) is 129. The fourth-order valence-corrected chi connectivity index (χ4v) is 15.5. The number of urea groups is 1. The lowest BCUT2D eigenvalue weighted by Gasteiger charge is -2.48. The Bertz CT molecular complexity index is 5420. The summed E-state index contributed by atoms with van der Waals surface area (Å²) < 4.78 is 82.5. The van der Waals surface area contributed by atoms with Crippen molar-refractivity contribution in [3.8, 4) is 62.9 Å². The van der Waals surface area contributed by atoms with Crippen LogP contribution < -0.4 is 94.8 Å². The number of halogens is 5. The highest BCUT2D eigenvalue weighted by atomic mass is 35.5. The van der Waals surface area contributed by atoms with E-state index in [0.29, 0.717) is 5.56 Å². The number of aliphatic hydroxyl groups is 6. The normalized spacial score (nSPS) is 25.8. The van der Waals surface area contributed by atoms with Gasteiger partial charge in [0.25, 0.3) is 0 Å². The lowest BCUT2D eigenvalue weighted by Crippen LogP contribution is -2.65. The molecule has 0 saturated carbocycles. The average Bonchev–Trinajstić information content (AvgIpc) is 0.765. The zero-order valence-electron chi connectivity index (χ0n) is 67.7. The molecule has 2 saturated heterocycles. The largest absolute Gasteiger partial charge is 0.573 e. The van der Waals surface area contributed by atoms with Crippen LogP contribution in [0.15, 0.2) is 120 Å². The lowest BCUT2D eigenvalue weighted by atomic mass is 9.85. The van der Waals surface area contributed by atoms with Gasteiger partial charge >= 0.3 is 18.1 Å². The summed E-state index contributed by atoms with van der Waals surface area (Å²) in [6.45, 7) is 5.35. The van der Waals surface area contributed by atoms with Crippen molar-refractivity contribution in [3.63, 3.8) is 0 Å². The number of ether oxygens (including phenoxy) is 7. The molecule has 18 atom stereocenters. The number of phenolic OH excluding ortho intramolecular Hbond substituents is 3. The summed E-state index contributed by atoms with van der Waals surface area (Å²) in [4.78, 5) is 148. The molecule has 41 nitrogen and oxygen atoms in total. The fourth-order valence-electron chi connectivity index (χ4n) is 15.0. The lowest BCUT2D eigenvalue weighted by molar-refractivity contribution is -0.334. The highest BCUT2D eigenvalue weighted by Gasteiger charge is 2.52. The van der Waals surface area contributed by atoms with Crippen LogP contribution >= 0.6 is 23.2 Å². The van der Waals surface area contributed by atoms with Gasteiger partial charge in [-0.05, 0) is 134 Å². The van der Waals surface area contributed by atoms with Crippen molar-refractivity contribution in [2.75, 3.05) is 25.5 Å². The predicted octanol–water partition coefficient (Wildman–Crippen LogP) is 1.12. The van der Waals surface area contributed by atoms with Gasteiger partial charge in [0.1, 0.15) is 107 Å². The molecule has 24 N–H and O–H groups in total. The minimum Gasteiger partial charge on any atom is -0.508 e. The second kappa shape index (κ2) is 39.3. The molecule has 680 valence electrons. The molecule has 11 bridgehead atoms. The standard InChI is InChI=1S/C81H90Cl2F3N15O26/c1-32(2)20-45(89-5)71(113)96-61-63(108)36-9-14-49(43(82)23-36)122-51-25-38-26-52(67(51)126-77-68(66(111)65(110)53(31-102)124-77)125-57-30-80(4,69(112)33(3)121-57)90-17-19-101-18-16-55(93-79(101)120)92-56(107)21-34-6-11-40(12-7-34)127-81(84,85)86)123-50-15-10-37(24-44(50)83)64(109)62-76(118)98-70(99-100-78(88)119)42-27-39(103)28-48(105)58(42)41-22-35(8-13-47(41)104)59(73(115)97-62)95-74(116)60(38)94-72(114)46(29-54(87)106)91-75(61)117/h6-16,18,22-28,32-33,45-46,53,57,59-66,68-70,77,89-90,99,102-105,108-112H,17,19-21,29-31H2,1-5H3,(H2,87,106)(H,91,117)(H,94,114)(H,95,116)(H,96,113)(H,97,115)(H,98,118)(H3,88,100,119)(H,92,93,107,120)/t33-,45+,46-,53+,57-,59+,60?,61+,62-,63+,64+,65+,66-,68+,69+,70-,77-,80-/m0/s1. The third kappa shape index (κ3) is 22.0. The maximum atomic E-state index is 16.3. The SMILES string of the molecule is CN[C@H](CC(C)C)C(=O)N[C@H]1C(=O)N[C@@H](CC(N)=O)C(=O)NC2C(=O)N[C@H]3C(=O)N[C@H](C(=O)N[C@@H](NNC(N)=O)c4cc(O)cc(O)c4-c4cc3ccc4O)[C@H](O)c3ccc(c(Cl)c3)Oc3cc2cc(c3O[C@@H]2O[C@H](CO)[C@@H](O)[C@H](O)[C@H]2O[C@H]2C[C@](C)(NCCn3ccc(NC(=O)Cc4ccc(OC(F)(F)F)cc4)nc3=O)[C@H](O)[C@H](C)O2)Oc2ccc(cc2Cl)[C@H]1O. The number of benzene rings is 6. The molecule has 46 heteroatoms. The van der Waals surface area contributed by atoms with Gasteiger partial charge in [-0.2, -0.15) is 4.98 Å². The van der Waals surface area contributed by atoms with Crippen LogP contribution in [-0.4, -0.2) is 214 Å². The minimum atomic E-state index is -4.94. The molecule has 10 amide bonds. The molecule has 1 aromatic heterocycles. The van der Waals surface area contributed by atoms with E-state index in [0.717, 1.165) is 89.5 Å². The number of carbonyl (C=O) groups is 9. The molecule has 0 radical (unpaired) electrons. The highest BCUT2D eigenvalue weighted by molar-refractivity contribution is 6.32. The maximum Gasteiger partial charge on any atom is 0.573 e. The number of anilines is 1. The average molecular weight is 1820 g/mol. The van der Waals surface area contributed by atoms with E-state index in [-0.39, 0.29) is 66.3 Å². The molecule has 127 heavy (non-hydrogen) atoms. The van der Waals surface area contributed by atoms with E-state index in [1.807, 2.05) is 0 Å². The number of aromatic nitrogens is 2. The first-order valence-corrected chi connectivity index (χ1v) is 40.0. The van der Waals surface area contributed by atoms with Crippen molar-refractivity contribution in [2.24, 2.45) is 17.4 Å². The summed E-state index contributed by atoms with van der Waals surface area (Å²) >= 11 is 14.3. The number of alkyl halides is 3. The Hall–Kier alpha value is -12.3.